The van der Waals surface area contributed by atoms with Crippen molar-refractivity contribution in [3.63, 3.8) is 0 Å². The van der Waals surface area contributed by atoms with E-state index in [-0.39, 0.29) is 12.1 Å². The standard InChI is InChI=1S/C15H26N2O4/c1-4-15(13(18)19)6-8-17(10-15)14(20)16-7-5-11(2)12(9-16)21-3/h11-12H,4-10H2,1-3H3,(H,18,19). The molecule has 6 heteroatoms. The van der Waals surface area contributed by atoms with Crippen molar-refractivity contribution >= 4 is 12.0 Å². The zero-order valence-corrected chi connectivity index (χ0v) is 13.2. The molecule has 2 aliphatic heterocycles. The summed E-state index contributed by atoms with van der Waals surface area (Å²) in [6.45, 7) is 6.19. The lowest BCUT2D eigenvalue weighted by atomic mass is 9.84. The topological polar surface area (TPSA) is 70.1 Å². The molecule has 1 N–H and O–H groups in total. The van der Waals surface area contributed by atoms with Gasteiger partial charge in [0.05, 0.1) is 11.5 Å². The van der Waals surface area contributed by atoms with E-state index in [1.54, 1.807) is 12.0 Å². The third kappa shape index (κ3) is 3.00. The first-order valence-corrected chi connectivity index (χ1v) is 7.73. The minimum Gasteiger partial charge on any atom is -0.481 e. The maximum atomic E-state index is 12.6. The summed E-state index contributed by atoms with van der Waals surface area (Å²) in [6, 6.07) is -0.0412. The van der Waals surface area contributed by atoms with Gasteiger partial charge in [-0.15, -0.1) is 0 Å². The van der Waals surface area contributed by atoms with Crippen LogP contribution in [-0.2, 0) is 9.53 Å². The number of hydrogen-bond acceptors (Lipinski definition) is 3. The van der Waals surface area contributed by atoms with Crippen molar-refractivity contribution in [2.45, 2.75) is 39.2 Å². The average Bonchev–Trinajstić information content (AvgIpc) is 2.93. The van der Waals surface area contributed by atoms with Crippen molar-refractivity contribution in [2.24, 2.45) is 11.3 Å². The summed E-state index contributed by atoms with van der Waals surface area (Å²) < 4.78 is 5.44. The number of amides is 2. The number of carbonyl (C=O) groups excluding carboxylic acids is 1. The lowest BCUT2D eigenvalue weighted by molar-refractivity contribution is -0.148. The molecule has 2 saturated heterocycles. The summed E-state index contributed by atoms with van der Waals surface area (Å²) in [5.74, 6) is -0.339. The van der Waals surface area contributed by atoms with Crippen LogP contribution in [0.15, 0.2) is 0 Å². The van der Waals surface area contributed by atoms with E-state index in [1.807, 2.05) is 11.8 Å². The normalized spacial score (nSPS) is 33.3. The van der Waals surface area contributed by atoms with Crippen LogP contribution in [-0.4, -0.2) is 66.3 Å². The third-order valence-electron chi connectivity index (χ3n) is 5.22. The van der Waals surface area contributed by atoms with Crippen LogP contribution >= 0.6 is 0 Å². The molecule has 0 aromatic carbocycles. The van der Waals surface area contributed by atoms with Gasteiger partial charge < -0.3 is 19.6 Å². The molecule has 0 aliphatic carbocycles. The molecule has 0 saturated carbocycles. The Bertz CT molecular complexity index is 414. The van der Waals surface area contributed by atoms with Gasteiger partial charge in [-0.2, -0.15) is 0 Å². The SMILES string of the molecule is CCC1(C(=O)O)CCN(C(=O)N2CCC(C)C(OC)C2)C1. The van der Waals surface area contributed by atoms with Crippen molar-refractivity contribution in [3.05, 3.63) is 0 Å². The Balaban J connectivity index is 2.00. The first-order valence-electron chi connectivity index (χ1n) is 7.73. The van der Waals surface area contributed by atoms with E-state index >= 15 is 0 Å². The van der Waals surface area contributed by atoms with Crippen LogP contribution in [0, 0.1) is 11.3 Å². The molecule has 3 unspecified atom stereocenters. The van der Waals surface area contributed by atoms with Crippen LogP contribution in [0.4, 0.5) is 4.79 Å². The highest BCUT2D eigenvalue weighted by atomic mass is 16.5. The van der Waals surface area contributed by atoms with Gasteiger partial charge in [0.2, 0.25) is 0 Å². The van der Waals surface area contributed by atoms with Gasteiger partial charge in [-0.05, 0) is 25.2 Å². The minimum atomic E-state index is -0.790. The molecule has 0 aromatic heterocycles. The van der Waals surface area contributed by atoms with Crippen LogP contribution < -0.4 is 0 Å². The van der Waals surface area contributed by atoms with Gasteiger partial charge in [-0.3, -0.25) is 4.79 Å². The van der Waals surface area contributed by atoms with Crippen molar-refractivity contribution < 1.29 is 19.4 Å². The quantitative estimate of drug-likeness (QED) is 0.860. The average molecular weight is 298 g/mol. The van der Waals surface area contributed by atoms with E-state index in [9.17, 15) is 14.7 Å². The Morgan fingerprint density at radius 1 is 1.33 bits per heavy atom. The summed E-state index contributed by atoms with van der Waals surface area (Å²) >= 11 is 0. The summed E-state index contributed by atoms with van der Waals surface area (Å²) in [6.07, 6.45) is 2.10. The number of likely N-dealkylation sites (tertiary alicyclic amines) is 2. The first-order chi connectivity index (χ1) is 9.93. The molecule has 2 fully saturated rings. The maximum absolute atomic E-state index is 12.6. The number of carboxylic acids is 1. The number of methoxy groups -OCH3 is 1. The molecule has 2 rings (SSSR count). The van der Waals surface area contributed by atoms with Crippen molar-refractivity contribution in [2.75, 3.05) is 33.3 Å². The molecule has 0 radical (unpaired) electrons. The van der Waals surface area contributed by atoms with E-state index in [2.05, 4.69) is 6.92 Å². The Labute approximate surface area is 126 Å². The van der Waals surface area contributed by atoms with Gasteiger partial charge in [0.15, 0.2) is 0 Å². The van der Waals surface area contributed by atoms with Crippen LogP contribution in [0.25, 0.3) is 0 Å². The van der Waals surface area contributed by atoms with E-state index in [4.69, 9.17) is 4.74 Å². The van der Waals surface area contributed by atoms with E-state index < -0.39 is 11.4 Å². The van der Waals surface area contributed by atoms with Crippen LogP contribution in [0.5, 0.6) is 0 Å². The smallest absolute Gasteiger partial charge is 0.320 e. The third-order valence-corrected chi connectivity index (χ3v) is 5.22. The molecule has 21 heavy (non-hydrogen) atoms. The zero-order valence-electron chi connectivity index (χ0n) is 13.2. The van der Waals surface area contributed by atoms with Crippen molar-refractivity contribution in [1.29, 1.82) is 0 Å². The zero-order chi connectivity index (χ0) is 15.6. The number of carbonyl (C=O) groups is 2. The first kappa shape index (κ1) is 16.1. The second-order valence-corrected chi connectivity index (χ2v) is 6.38. The van der Waals surface area contributed by atoms with Gasteiger partial charge in [0, 0.05) is 33.3 Å². The summed E-state index contributed by atoms with van der Waals surface area (Å²) in [5, 5.41) is 9.42. The lowest BCUT2D eigenvalue weighted by Gasteiger charge is -2.38. The number of hydrogen-bond donors (Lipinski definition) is 1. The molecule has 120 valence electrons. The van der Waals surface area contributed by atoms with Crippen LogP contribution in [0.2, 0.25) is 0 Å². The number of urea groups is 1. The van der Waals surface area contributed by atoms with Gasteiger partial charge >= 0.3 is 12.0 Å². The summed E-state index contributed by atoms with van der Waals surface area (Å²) in [5.41, 5.74) is -0.764. The predicted molar refractivity (Wildman–Crippen MR) is 78.1 cm³/mol. The number of aliphatic carboxylic acids is 1. The predicted octanol–water partition coefficient (Wildman–Crippen LogP) is 1.65. The molecule has 0 spiro atoms. The molecule has 0 aromatic rings. The van der Waals surface area contributed by atoms with Gasteiger partial charge in [-0.1, -0.05) is 13.8 Å². The largest absolute Gasteiger partial charge is 0.481 e. The van der Waals surface area contributed by atoms with Crippen molar-refractivity contribution in [3.8, 4) is 0 Å². The summed E-state index contributed by atoms with van der Waals surface area (Å²) in [4.78, 5) is 27.6. The van der Waals surface area contributed by atoms with Gasteiger partial charge in [-0.25, -0.2) is 4.79 Å². The number of rotatable bonds is 3. The lowest BCUT2D eigenvalue weighted by Crippen LogP contribution is -2.51. The second-order valence-electron chi connectivity index (χ2n) is 6.38. The monoisotopic (exact) mass is 298 g/mol. The highest BCUT2D eigenvalue weighted by molar-refractivity contribution is 5.80. The van der Waals surface area contributed by atoms with Crippen LogP contribution in [0.1, 0.15) is 33.1 Å². The number of carboxylic acid groups (broad SMARTS) is 1. The molecular formula is C15H26N2O4. The number of nitrogens with zero attached hydrogens (tertiary/aromatic N) is 2. The molecule has 2 heterocycles. The Hall–Kier alpha value is -1.30. The molecule has 0 bridgehead atoms. The fourth-order valence-electron chi connectivity index (χ4n) is 3.36. The minimum absolute atomic E-state index is 0.0412. The number of ether oxygens (including phenoxy) is 1. The van der Waals surface area contributed by atoms with Gasteiger partial charge in [0.25, 0.3) is 0 Å². The summed E-state index contributed by atoms with van der Waals surface area (Å²) in [7, 11) is 1.68. The van der Waals surface area contributed by atoms with E-state index in [0.29, 0.717) is 38.4 Å². The maximum Gasteiger partial charge on any atom is 0.320 e. The highest BCUT2D eigenvalue weighted by Gasteiger charge is 2.46. The second kappa shape index (κ2) is 6.22. The Morgan fingerprint density at radius 3 is 2.57 bits per heavy atom. The Kier molecular flexibility index (Phi) is 4.76. The van der Waals surface area contributed by atoms with E-state index in [0.717, 1.165) is 13.0 Å². The number of piperidine rings is 1. The molecular weight excluding hydrogens is 272 g/mol. The molecule has 2 amide bonds. The Morgan fingerprint density at radius 2 is 2.05 bits per heavy atom. The fourth-order valence-corrected chi connectivity index (χ4v) is 3.36. The van der Waals surface area contributed by atoms with Gasteiger partial charge in [0.1, 0.15) is 0 Å². The van der Waals surface area contributed by atoms with Crippen molar-refractivity contribution in [1.82, 2.24) is 9.80 Å². The molecule has 2 aliphatic rings. The molecule has 3 atom stereocenters. The highest BCUT2D eigenvalue weighted by Crippen LogP contribution is 2.35. The fraction of sp³-hybridized carbons (Fsp3) is 0.867. The van der Waals surface area contributed by atoms with E-state index in [1.165, 1.54) is 0 Å². The molecule has 6 nitrogen and oxygen atoms in total. The van der Waals surface area contributed by atoms with Crippen LogP contribution in [0.3, 0.4) is 0 Å².